The molecule has 0 spiro atoms. The minimum absolute atomic E-state index is 0.0341. The molecule has 1 aliphatic heterocycles. The number of sulfonamides is 1. The van der Waals surface area contributed by atoms with Crippen LogP contribution in [0.25, 0.3) is 0 Å². The highest BCUT2D eigenvalue weighted by Crippen LogP contribution is 2.20. The normalized spacial score (nSPS) is 13.8. The van der Waals surface area contributed by atoms with E-state index in [9.17, 15) is 22.8 Å². The van der Waals surface area contributed by atoms with E-state index in [1.807, 2.05) is 0 Å². The van der Waals surface area contributed by atoms with Gasteiger partial charge in [-0.05, 0) is 48.9 Å². The third-order valence-electron chi connectivity index (χ3n) is 4.42. The monoisotopic (exact) mass is 432 g/mol. The van der Waals surface area contributed by atoms with Gasteiger partial charge in [0.05, 0.1) is 17.6 Å². The second kappa shape index (κ2) is 8.95. The molecule has 158 valence electrons. The number of methoxy groups -OCH3 is 1. The molecule has 2 aromatic carbocycles. The fourth-order valence-electron chi connectivity index (χ4n) is 2.86. The van der Waals surface area contributed by atoms with Crippen molar-refractivity contribution in [1.29, 1.82) is 0 Å². The summed E-state index contributed by atoms with van der Waals surface area (Å²) in [7, 11) is -2.46. The van der Waals surface area contributed by atoms with Crippen LogP contribution in [-0.2, 0) is 24.3 Å². The Balaban J connectivity index is 1.67. The Kier molecular flexibility index (Phi) is 6.36. The van der Waals surface area contributed by atoms with Crippen LogP contribution in [-0.4, -0.2) is 51.4 Å². The van der Waals surface area contributed by atoms with Crippen LogP contribution in [0.5, 0.6) is 5.75 Å². The summed E-state index contributed by atoms with van der Waals surface area (Å²) < 4.78 is 37.6. The van der Waals surface area contributed by atoms with Gasteiger partial charge in [0.15, 0.2) is 6.61 Å². The summed E-state index contributed by atoms with van der Waals surface area (Å²) in [6, 6.07) is 11.5. The van der Waals surface area contributed by atoms with Gasteiger partial charge < -0.3 is 9.47 Å². The lowest BCUT2D eigenvalue weighted by molar-refractivity contribution is -0.143. The fraction of sp³-hybridized carbons (Fsp3) is 0.250. The van der Waals surface area contributed by atoms with Crippen molar-refractivity contribution in [1.82, 2.24) is 4.90 Å². The van der Waals surface area contributed by atoms with E-state index in [4.69, 9.17) is 9.47 Å². The molecule has 0 radical (unpaired) electrons. The first kappa shape index (κ1) is 21.3. The lowest BCUT2D eigenvalue weighted by Gasteiger charge is -2.13. The summed E-state index contributed by atoms with van der Waals surface area (Å²) in [6.07, 6.45) is 0.875. The van der Waals surface area contributed by atoms with Crippen molar-refractivity contribution in [3.05, 3.63) is 54.1 Å². The van der Waals surface area contributed by atoms with Crippen molar-refractivity contribution in [2.45, 2.75) is 17.7 Å². The van der Waals surface area contributed by atoms with Crippen molar-refractivity contribution >= 4 is 33.5 Å². The summed E-state index contributed by atoms with van der Waals surface area (Å²) in [5, 5.41) is 0. The first-order valence-electron chi connectivity index (χ1n) is 9.07. The predicted octanol–water partition coefficient (Wildman–Crippen LogP) is 1.80. The maximum Gasteiger partial charge on any atom is 0.338 e. The number of imide groups is 1. The van der Waals surface area contributed by atoms with Crippen LogP contribution in [0.3, 0.4) is 0 Å². The summed E-state index contributed by atoms with van der Waals surface area (Å²) in [4.78, 5) is 36.7. The standard InChI is InChI=1S/C20H20N2O7S/c1-28-16-9-7-15(8-10-16)21-30(26,27)17-5-2-4-14(12-17)20(25)29-13-19(24)22-11-3-6-18(22)23/h2,4-5,7-10,12,21H,3,6,11,13H2,1H3. The maximum atomic E-state index is 12.6. The largest absolute Gasteiger partial charge is 0.497 e. The fourth-order valence-corrected chi connectivity index (χ4v) is 3.97. The van der Waals surface area contributed by atoms with Crippen molar-refractivity contribution < 1.29 is 32.3 Å². The Morgan fingerprint density at radius 2 is 1.87 bits per heavy atom. The van der Waals surface area contributed by atoms with Gasteiger partial charge in [0, 0.05) is 18.7 Å². The minimum atomic E-state index is -3.96. The number of carbonyl (C=O) groups is 3. The van der Waals surface area contributed by atoms with E-state index in [0.717, 1.165) is 11.0 Å². The molecule has 0 atom stereocenters. The van der Waals surface area contributed by atoms with Crippen LogP contribution < -0.4 is 9.46 Å². The van der Waals surface area contributed by atoms with E-state index in [2.05, 4.69) is 4.72 Å². The zero-order chi connectivity index (χ0) is 21.7. The Labute approximate surface area is 173 Å². The van der Waals surface area contributed by atoms with E-state index in [1.54, 1.807) is 24.3 Å². The molecule has 9 nitrogen and oxygen atoms in total. The maximum absolute atomic E-state index is 12.6. The average Bonchev–Trinajstić information content (AvgIpc) is 3.18. The Hall–Kier alpha value is -3.40. The number of hydrogen-bond acceptors (Lipinski definition) is 7. The van der Waals surface area contributed by atoms with Crippen LogP contribution in [0, 0.1) is 0 Å². The van der Waals surface area contributed by atoms with Gasteiger partial charge in [-0.2, -0.15) is 0 Å². The van der Waals surface area contributed by atoms with Gasteiger partial charge in [-0.1, -0.05) is 6.07 Å². The molecule has 0 bridgehead atoms. The van der Waals surface area contributed by atoms with Crippen LogP contribution in [0.4, 0.5) is 5.69 Å². The highest BCUT2D eigenvalue weighted by molar-refractivity contribution is 7.92. The minimum Gasteiger partial charge on any atom is -0.497 e. The average molecular weight is 432 g/mol. The lowest BCUT2D eigenvalue weighted by atomic mass is 10.2. The second-order valence-corrected chi connectivity index (χ2v) is 8.16. The van der Waals surface area contributed by atoms with E-state index in [-0.39, 0.29) is 16.4 Å². The molecule has 30 heavy (non-hydrogen) atoms. The van der Waals surface area contributed by atoms with Crippen LogP contribution in [0.2, 0.25) is 0 Å². The number of amides is 2. The molecule has 1 saturated heterocycles. The molecule has 0 aromatic heterocycles. The first-order chi connectivity index (χ1) is 14.3. The first-order valence-corrected chi connectivity index (χ1v) is 10.6. The molecule has 1 N–H and O–H groups in total. The molecular weight excluding hydrogens is 412 g/mol. The zero-order valence-corrected chi connectivity index (χ0v) is 17.0. The predicted molar refractivity (Wildman–Crippen MR) is 106 cm³/mol. The Morgan fingerprint density at radius 1 is 1.13 bits per heavy atom. The van der Waals surface area contributed by atoms with Gasteiger partial charge >= 0.3 is 5.97 Å². The molecule has 2 aromatic rings. The molecule has 10 heteroatoms. The molecule has 0 unspecified atom stereocenters. The van der Waals surface area contributed by atoms with Crippen molar-refractivity contribution in [2.75, 3.05) is 25.0 Å². The van der Waals surface area contributed by atoms with E-state index >= 15 is 0 Å². The van der Waals surface area contributed by atoms with Gasteiger partial charge in [0.1, 0.15) is 5.75 Å². The molecule has 1 aliphatic rings. The SMILES string of the molecule is COc1ccc(NS(=O)(=O)c2cccc(C(=O)OCC(=O)N3CCCC3=O)c2)cc1. The lowest BCUT2D eigenvalue weighted by Crippen LogP contribution is -2.35. The smallest absolute Gasteiger partial charge is 0.338 e. The van der Waals surface area contributed by atoms with Crippen LogP contribution in [0.1, 0.15) is 23.2 Å². The number of anilines is 1. The number of esters is 1. The second-order valence-electron chi connectivity index (χ2n) is 6.48. The number of likely N-dealkylation sites (tertiary alicyclic amines) is 1. The quantitative estimate of drug-likeness (QED) is 0.663. The third-order valence-corrected chi connectivity index (χ3v) is 5.80. The third kappa shape index (κ3) is 4.95. The van der Waals surface area contributed by atoms with Crippen molar-refractivity contribution in [3.63, 3.8) is 0 Å². The molecule has 0 saturated carbocycles. The molecule has 1 fully saturated rings. The summed E-state index contributed by atoms with van der Waals surface area (Å²) in [6.45, 7) is -0.286. The van der Waals surface area contributed by atoms with E-state index in [1.165, 1.54) is 25.3 Å². The number of benzene rings is 2. The molecular formula is C20H20N2O7S. The number of ether oxygens (including phenoxy) is 2. The molecule has 0 aliphatic carbocycles. The van der Waals surface area contributed by atoms with Crippen molar-refractivity contribution in [2.24, 2.45) is 0 Å². The summed E-state index contributed by atoms with van der Waals surface area (Å²) >= 11 is 0. The van der Waals surface area contributed by atoms with Crippen LogP contribution >= 0.6 is 0 Å². The summed E-state index contributed by atoms with van der Waals surface area (Å²) in [5.41, 5.74) is 0.290. The summed E-state index contributed by atoms with van der Waals surface area (Å²) in [5.74, 6) is -1.19. The molecule has 1 heterocycles. The van der Waals surface area contributed by atoms with E-state index in [0.29, 0.717) is 30.8 Å². The zero-order valence-electron chi connectivity index (χ0n) is 16.2. The van der Waals surface area contributed by atoms with Crippen LogP contribution in [0.15, 0.2) is 53.4 Å². The molecule has 3 rings (SSSR count). The van der Waals surface area contributed by atoms with Gasteiger partial charge in [-0.3, -0.25) is 19.2 Å². The van der Waals surface area contributed by atoms with Gasteiger partial charge in [-0.15, -0.1) is 0 Å². The number of nitrogens with zero attached hydrogens (tertiary/aromatic N) is 1. The van der Waals surface area contributed by atoms with E-state index < -0.39 is 28.5 Å². The van der Waals surface area contributed by atoms with Gasteiger partial charge in [0.2, 0.25) is 5.91 Å². The topological polar surface area (TPSA) is 119 Å². The highest BCUT2D eigenvalue weighted by Gasteiger charge is 2.27. The number of carbonyl (C=O) groups excluding carboxylic acids is 3. The van der Waals surface area contributed by atoms with Gasteiger partial charge in [-0.25, -0.2) is 13.2 Å². The van der Waals surface area contributed by atoms with Crippen molar-refractivity contribution in [3.8, 4) is 5.75 Å². The number of rotatable bonds is 7. The van der Waals surface area contributed by atoms with Gasteiger partial charge in [0.25, 0.3) is 15.9 Å². The Morgan fingerprint density at radius 3 is 2.50 bits per heavy atom. The number of nitrogens with one attached hydrogen (secondary N) is 1. The number of hydrogen-bond donors (Lipinski definition) is 1. The highest BCUT2D eigenvalue weighted by atomic mass is 32.2. The Bertz CT molecular complexity index is 1060. The molecule has 2 amide bonds.